The second-order valence-corrected chi connectivity index (χ2v) is 4.66. The molecule has 0 radical (unpaired) electrons. The van der Waals surface area contributed by atoms with Crippen LogP contribution in [0.4, 0.5) is 5.69 Å². The molecule has 0 atom stereocenters. The molecule has 1 aliphatic rings. The van der Waals surface area contributed by atoms with Crippen LogP contribution in [0.3, 0.4) is 0 Å². The van der Waals surface area contributed by atoms with Gasteiger partial charge in [0.1, 0.15) is 0 Å². The van der Waals surface area contributed by atoms with Gasteiger partial charge in [-0.2, -0.15) is 0 Å². The number of anilines is 1. The normalized spacial score (nSPS) is 15.8. The monoisotopic (exact) mass is 215 g/mol. The standard InChI is InChI=1S/C13H17N3/c1-16-8-9(7-15-10-5-6-10)11-3-2-4-12(14)13(11)16/h2-4,8,10,15H,5-7,14H2,1H3. The molecule has 0 bridgehead atoms. The summed E-state index contributed by atoms with van der Waals surface area (Å²) in [7, 11) is 2.05. The lowest BCUT2D eigenvalue weighted by molar-refractivity contribution is 0.689. The van der Waals surface area contributed by atoms with Crippen LogP contribution in [-0.4, -0.2) is 10.6 Å². The fraction of sp³-hybridized carbons (Fsp3) is 0.385. The lowest BCUT2D eigenvalue weighted by Gasteiger charge is -2.01. The van der Waals surface area contributed by atoms with Crippen LogP contribution in [0.5, 0.6) is 0 Å². The summed E-state index contributed by atoms with van der Waals surface area (Å²) >= 11 is 0. The summed E-state index contributed by atoms with van der Waals surface area (Å²) < 4.78 is 2.12. The largest absolute Gasteiger partial charge is 0.397 e. The third-order valence-corrected chi connectivity index (χ3v) is 3.27. The highest BCUT2D eigenvalue weighted by molar-refractivity contribution is 5.93. The van der Waals surface area contributed by atoms with Gasteiger partial charge >= 0.3 is 0 Å². The molecule has 1 fully saturated rings. The van der Waals surface area contributed by atoms with E-state index in [1.165, 1.54) is 23.8 Å². The molecule has 0 amide bonds. The van der Waals surface area contributed by atoms with Crippen LogP contribution in [0.25, 0.3) is 10.9 Å². The van der Waals surface area contributed by atoms with Gasteiger partial charge in [-0.05, 0) is 24.5 Å². The van der Waals surface area contributed by atoms with Gasteiger partial charge in [-0.15, -0.1) is 0 Å². The molecule has 84 valence electrons. The van der Waals surface area contributed by atoms with Crippen molar-refractivity contribution in [2.24, 2.45) is 7.05 Å². The summed E-state index contributed by atoms with van der Waals surface area (Å²) in [4.78, 5) is 0. The molecule has 2 aromatic rings. The molecule has 0 unspecified atom stereocenters. The maximum Gasteiger partial charge on any atom is 0.0714 e. The first-order valence-electron chi connectivity index (χ1n) is 5.81. The van der Waals surface area contributed by atoms with Gasteiger partial charge in [0.05, 0.1) is 11.2 Å². The summed E-state index contributed by atoms with van der Waals surface area (Å²) in [5.74, 6) is 0. The van der Waals surface area contributed by atoms with Gasteiger partial charge in [-0.25, -0.2) is 0 Å². The molecule has 1 heterocycles. The van der Waals surface area contributed by atoms with Crippen molar-refractivity contribution in [3.05, 3.63) is 30.0 Å². The number of fused-ring (bicyclic) bond motifs is 1. The van der Waals surface area contributed by atoms with Crippen molar-refractivity contribution in [1.29, 1.82) is 0 Å². The Labute approximate surface area is 95.2 Å². The molecule has 3 nitrogen and oxygen atoms in total. The Kier molecular flexibility index (Phi) is 2.14. The number of benzene rings is 1. The van der Waals surface area contributed by atoms with E-state index >= 15 is 0 Å². The maximum atomic E-state index is 6.00. The van der Waals surface area contributed by atoms with E-state index in [9.17, 15) is 0 Å². The van der Waals surface area contributed by atoms with E-state index in [4.69, 9.17) is 5.73 Å². The van der Waals surface area contributed by atoms with Crippen LogP contribution in [0.2, 0.25) is 0 Å². The van der Waals surface area contributed by atoms with Crippen LogP contribution >= 0.6 is 0 Å². The second-order valence-electron chi connectivity index (χ2n) is 4.66. The van der Waals surface area contributed by atoms with Gasteiger partial charge in [-0.1, -0.05) is 12.1 Å². The molecular formula is C13H17N3. The number of nitrogens with one attached hydrogen (secondary N) is 1. The lowest BCUT2D eigenvalue weighted by atomic mass is 10.1. The zero-order valence-corrected chi connectivity index (χ0v) is 9.53. The van der Waals surface area contributed by atoms with Crippen LogP contribution < -0.4 is 11.1 Å². The lowest BCUT2D eigenvalue weighted by Crippen LogP contribution is -2.14. The Morgan fingerprint density at radius 3 is 3.00 bits per heavy atom. The number of para-hydroxylation sites is 1. The molecule has 0 spiro atoms. The summed E-state index contributed by atoms with van der Waals surface area (Å²) in [5.41, 5.74) is 9.35. The number of nitrogen functional groups attached to an aromatic ring is 1. The minimum absolute atomic E-state index is 0.747. The number of aryl methyl sites for hydroxylation is 1. The van der Waals surface area contributed by atoms with Crippen molar-refractivity contribution in [1.82, 2.24) is 9.88 Å². The van der Waals surface area contributed by atoms with E-state index in [0.29, 0.717) is 0 Å². The molecule has 3 rings (SSSR count). The molecule has 16 heavy (non-hydrogen) atoms. The first kappa shape index (κ1) is 9.73. The molecule has 3 heteroatoms. The van der Waals surface area contributed by atoms with Crippen molar-refractivity contribution < 1.29 is 0 Å². The molecule has 1 aromatic heterocycles. The Morgan fingerprint density at radius 1 is 1.44 bits per heavy atom. The topological polar surface area (TPSA) is 43.0 Å². The first-order chi connectivity index (χ1) is 7.75. The predicted octanol–water partition coefficient (Wildman–Crippen LogP) is 2.01. The molecular weight excluding hydrogens is 198 g/mol. The summed E-state index contributed by atoms with van der Waals surface area (Å²) in [6.07, 6.45) is 4.83. The van der Waals surface area contributed by atoms with Crippen molar-refractivity contribution in [2.75, 3.05) is 5.73 Å². The average molecular weight is 215 g/mol. The van der Waals surface area contributed by atoms with Crippen LogP contribution in [0.1, 0.15) is 18.4 Å². The average Bonchev–Trinajstić information content (AvgIpc) is 3.02. The summed E-state index contributed by atoms with van der Waals surface area (Å²) in [6, 6.07) is 6.88. The fourth-order valence-corrected chi connectivity index (χ4v) is 2.26. The maximum absolute atomic E-state index is 6.00. The van der Waals surface area contributed by atoms with E-state index in [1.54, 1.807) is 0 Å². The van der Waals surface area contributed by atoms with E-state index in [-0.39, 0.29) is 0 Å². The highest BCUT2D eigenvalue weighted by Crippen LogP contribution is 2.26. The predicted molar refractivity (Wildman–Crippen MR) is 67.2 cm³/mol. The van der Waals surface area contributed by atoms with Crippen LogP contribution in [0.15, 0.2) is 24.4 Å². The second kappa shape index (κ2) is 3.52. The molecule has 0 saturated heterocycles. The molecule has 0 aliphatic heterocycles. The Balaban J connectivity index is 2.00. The zero-order valence-electron chi connectivity index (χ0n) is 9.53. The van der Waals surface area contributed by atoms with Gasteiger partial charge in [-0.3, -0.25) is 0 Å². The number of aromatic nitrogens is 1. The van der Waals surface area contributed by atoms with Crippen LogP contribution in [-0.2, 0) is 13.6 Å². The quantitative estimate of drug-likeness (QED) is 0.769. The molecule has 1 aromatic carbocycles. The molecule has 1 saturated carbocycles. The van der Waals surface area contributed by atoms with E-state index in [2.05, 4.69) is 29.2 Å². The van der Waals surface area contributed by atoms with Crippen molar-refractivity contribution in [2.45, 2.75) is 25.4 Å². The van der Waals surface area contributed by atoms with Crippen molar-refractivity contribution in [3.8, 4) is 0 Å². The van der Waals surface area contributed by atoms with Crippen LogP contribution in [0, 0.1) is 0 Å². The van der Waals surface area contributed by atoms with Crippen molar-refractivity contribution in [3.63, 3.8) is 0 Å². The number of hydrogen-bond donors (Lipinski definition) is 2. The molecule has 1 aliphatic carbocycles. The van der Waals surface area contributed by atoms with Crippen molar-refractivity contribution >= 4 is 16.6 Å². The Morgan fingerprint density at radius 2 is 2.25 bits per heavy atom. The van der Waals surface area contributed by atoms with Gasteiger partial charge in [0.15, 0.2) is 0 Å². The first-order valence-corrected chi connectivity index (χ1v) is 5.81. The third-order valence-electron chi connectivity index (χ3n) is 3.27. The Hall–Kier alpha value is -1.48. The van der Waals surface area contributed by atoms with Gasteiger partial charge in [0, 0.05) is 31.2 Å². The van der Waals surface area contributed by atoms with Gasteiger partial charge in [0.2, 0.25) is 0 Å². The number of nitrogens with two attached hydrogens (primary N) is 1. The minimum Gasteiger partial charge on any atom is -0.397 e. The smallest absolute Gasteiger partial charge is 0.0714 e. The Bertz CT molecular complexity index is 523. The van der Waals surface area contributed by atoms with E-state index < -0.39 is 0 Å². The highest BCUT2D eigenvalue weighted by Gasteiger charge is 2.20. The molecule has 3 N–H and O–H groups in total. The summed E-state index contributed by atoms with van der Waals surface area (Å²) in [6.45, 7) is 0.950. The van der Waals surface area contributed by atoms with Gasteiger partial charge < -0.3 is 15.6 Å². The third kappa shape index (κ3) is 1.57. The highest BCUT2D eigenvalue weighted by atomic mass is 15.0. The minimum atomic E-state index is 0.747. The van der Waals surface area contributed by atoms with E-state index in [1.807, 2.05) is 12.1 Å². The fourth-order valence-electron chi connectivity index (χ4n) is 2.26. The number of rotatable bonds is 3. The SMILES string of the molecule is Cn1cc(CNC2CC2)c2cccc(N)c21. The van der Waals surface area contributed by atoms with Gasteiger partial charge in [0.25, 0.3) is 0 Å². The zero-order chi connectivity index (χ0) is 11.1. The number of hydrogen-bond acceptors (Lipinski definition) is 2. The number of nitrogens with zero attached hydrogens (tertiary/aromatic N) is 1. The van der Waals surface area contributed by atoms with E-state index in [0.717, 1.165) is 23.8 Å². The summed E-state index contributed by atoms with van der Waals surface area (Å²) in [5, 5.41) is 4.82.